The minimum Gasteiger partial charge on any atom is -0.461 e. The maximum Gasteiger partial charge on any atom is 0.312 e. The van der Waals surface area contributed by atoms with E-state index >= 15 is 0 Å². The number of benzene rings is 1. The molecule has 2 atom stereocenters. The van der Waals surface area contributed by atoms with Crippen LogP contribution in [0.25, 0.3) is 0 Å². The summed E-state index contributed by atoms with van der Waals surface area (Å²) in [6.07, 6.45) is 0.750. The van der Waals surface area contributed by atoms with Crippen molar-refractivity contribution >= 4 is 35.3 Å². The lowest BCUT2D eigenvalue weighted by molar-refractivity contribution is -0.142. The van der Waals surface area contributed by atoms with Gasteiger partial charge in [0.15, 0.2) is 0 Å². The van der Waals surface area contributed by atoms with Crippen LogP contribution in [0.4, 0.5) is 10.5 Å². The monoisotopic (exact) mass is 462 g/mol. The van der Waals surface area contributed by atoms with Gasteiger partial charge in [-0.3, -0.25) is 14.4 Å². The van der Waals surface area contributed by atoms with Gasteiger partial charge < -0.3 is 31.2 Å². The topological polar surface area (TPSA) is 157 Å². The number of amides is 4. The molecule has 1 aromatic rings. The third kappa shape index (κ3) is 11.1. The molecule has 0 aromatic heterocycles. The van der Waals surface area contributed by atoms with E-state index in [1.165, 1.54) is 13.8 Å². The number of hydrogen-bond acceptors (Lipinski definition) is 6. The fraction of sp³-hybridized carbons (Fsp3) is 0.522. The summed E-state index contributed by atoms with van der Waals surface area (Å²) in [4.78, 5) is 59.1. The number of Topliss-reactive ketones (excluding diaryl/α,β-unsaturated/α-hetero) is 1. The highest BCUT2D eigenvalue weighted by molar-refractivity contribution is 5.98. The van der Waals surface area contributed by atoms with Crippen molar-refractivity contribution in [3.8, 4) is 0 Å². The third-order valence-corrected chi connectivity index (χ3v) is 4.91. The Morgan fingerprint density at radius 1 is 1.00 bits per heavy atom. The quantitative estimate of drug-likeness (QED) is 0.259. The normalized spacial score (nSPS) is 12.4. The van der Waals surface area contributed by atoms with Crippen molar-refractivity contribution in [2.45, 2.75) is 59.6 Å². The van der Waals surface area contributed by atoms with Crippen LogP contribution in [0.5, 0.6) is 0 Å². The molecule has 10 heteroatoms. The summed E-state index contributed by atoms with van der Waals surface area (Å²) >= 11 is 0. The molecular formula is C23H34N4O6. The zero-order valence-electron chi connectivity index (χ0n) is 19.6. The third-order valence-electron chi connectivity index (χ3n) is 4.91. The van der Waals surface area contributed by atoms with E-state index in [1.807, 2.05) is 13.8 Å². The summed E-state index contributed by atoms with van der Waals surface area (Å²) in [5.74, 6) is -1.94. The minimum atomic E-state index is -0.874. The van der Waals surface area contributed by atoms with Gasteiger partial charge in [0.1, 0.15) is 18.4 Å². The smallest absolute Gasteiger partial charge is 0.312 e. The molecule has 0 radical (unpaired) electrons. The Bertz CT molecular complexity index is 838. The Balaban J connectivity index is 2.87. The predicted molar refractivity (Wildman–Crippen MR) is 123 cm³/mol. The Kier molecular flexibility index (Phi) is 11.6. The van der Waals surface area contributed by atoms with E-state index in [1.54, 1.807) is 24.3 Å². The summed E-state index contributed by atoms with van der Waals surface area (Å²) in [5.41, 5.74) is 6.33. The van der Waals surface area contributed by atoms with Gasteiger partial charge in [0.05, 0.1) is 0 Å². The molecule has 0 bridgehead atoms. The van der Waals surface area contributed by atoms with Crippen molar-refractivity contribution in [2.24, 2.45) is 17.6 Å². The molecule has 10 nitrogen and oxygen atoms in total. The number of carbonyl (C=O) groups excluding carboxylic acids is 5. The van der Waals surface area contributed by atoms with E-state index in [9.17, 15) is 24.0 Å². The van der Waals surface area contributed by atoms with Crippen molar-refractivity contribution in [3.05, 3.63) is 29.8 Å². The summed E-state index contributed by atoms with van der Waals surface area (Å²) in [6, 6.07) is 5.21. The molecule has 5 N–H and O–H groups in total. The summed E-state index contributed by atoms with van der Waals surface area (Å²) in [5, 5.41) is 7.96. The SMILES string of the molecule is CC(=O)C[C@H](C(=O)N[C@@H](CCCNC(N)=O)C(=O)Nc1ccc(COC(C)=O)cc1)C(C)C. The largest absolute Gasteiger partial charge is 0.461 e. The van der Waals surface area contributed by atoms with Gasteiger partial charge in [0, 0.05) is 31.5 Å². The average molecular weight is 463 g/mol. The molecule has 0 spiro atoms. The van der Waals surface area contributed by atoms with Gasteiger partial charge in [-0.05, 0) is 43.4 Å². The van der Waals surface area contributed by atoms with E-state index in [2.05, 4.69) is 16.0 Å². The Hall–Kier alpha value is -3.43. The van der Waals surface area contributed by atoms with E-state index in [-0.39, 0.29) is 49.6 Å². The van der Waals surface area contributed by atoms with Crippen LogP contribution in [0.1, 0.15) is 52.5 Å². The number of primary amides is 1. The average Bonchev–Trinajstić information content (AvgIpc) is 2.72. The Labute approximate surface area is 194 Å². The number of anilines is 1. The van der Waals surface area contributed by atoms with Crippen molar-refractivity contribution in [1.29, 1.82) is 0 Å². The molecule has 0 unspecified atom stereocenters. The van der Waals surface area contributed by atoms with Crippen LogP contribution < -0.4 is 21.7 Å². The number of ketones is 1. The standard InChI is InChI=1S/C23H34N4O6/c1-14(2)19(12-15(3)28)21(30)27-20(6-5-11-25-23(24)32)22(31)26-18-9-7-17(8-10-18)13-33-16(4)29/h7-10,14,19-20H,5-6,11-13H2,1-4H3,(H,26,31)(H,27,30)(H3,24,25,32)/t19-,20-/m0/s1. The first-order chi connectivity index (χ1) is 15.5. The number of rotatable bonds is 13. The Morgan fingerprint density at radius 3 is 2.15 bits per heavy atom. The minimum absolute atomic E-state index is 0.0843. The maximum atomic E-state index is 12.9. The highest BCUT2D eigenvalue weighted by Gasteiger charge is 2.28. The molecule has 33 heavy (non-hydrogen) atoms. The molecule has 0 saturated carbocycles. The van der Waals surface area contributed by atoms with Crippen LogP contribution in [0.2, 0.25) is 0 Å². The van der Waals surface area contributed by atoms with E-state index in [0.717, 1.165) is 5.56 Å². The number of carbonyl (C=O) groups is 5. The first kappa shape index (κ1) is 27.6. The molecule has 182 valence electrons. The van der Waals surface area contributed by atoms with Gasteiger partial charge in [0.25, 0.3) is 0 Å². The number of ether oxygens (including phenoxy) is 1. The number of nitrogens with one attached hydrogen (secondary N) is 3. The van der Waals surface area contributed by atoms with Gasteiger partial charge >= 0.3 is 12.0 Å². The van der Waals surface area contributed by atoms with Crippen LogP contribution in [-0.2, 0) is 30.5 Å². The first-order valence-electron chi connectivity index (χ1n) is 10.9. The molecule has 1 aromatic carbocycles. The van der Waals surface area contributed by atoms with Crippen LogP contribution in [0.3, 0.4) is 0 Å². The Morgan fingerprint density at radius 2 is 1.64 bits per heavy atom. The number of hydrogen-bond donors (Lipinski definition) is 4. The first-order valence-corrected chi connectivity index (χ1v) is 10.9. The lowest BCUT2D eigenvalue weighted by Gasteiger charge is -2.24. The fourth-order valence-electron chi connectivity index (χ4n) is 3.10. The van der Waals surface area contributed by atoms with Crippen LogP contribution >= 0.6 is 0 Å². The van der Waals surface area contributed by atoms with Crippen molar-refractivity contribution in [2.75, 3.05) is 11.9 Å². The molecule has 0 aliphatic rings. The molecule has 1 rings (SSSR count). The summed E-state index contributed by atoms with van der Waals surface area (Å²) in [7, 11) is 0. The summed E-state index contributed by atoms with van der Waals surface area (Å²) < 4.78 is 4.94. The van der Waals surface area contributed by atoms with Crippen LogP contribution in [0.15, 0.2) is 24.3 Å². The second kappa shape index (κ2) is 13.9. The molecule has 0 saturated heterocycles. The highest BCUT2D eigenvalue weighted by Crippen LogP contribution is 2.17. The number of nitrogens with two attached hydrogens (primary N) is 1. The zero-order chi connectivity index (χ0) is 25.0. The van der Waals surface area contributed by atoms with Crippen molar-refractivity contribution in [1.82, 2.24) is 10.6 Å². The maximum absolute atomic E-state index is 12.9. The van der Waals surface area contributed by atoms with E-state index in [4.69, 9.17) is 10.5 Å². The highest BCUT2D eigenvalue weighted by atomic mass is 16.5. The predicted octanol–water partition coefficient (Wildman–Crippen LogP) is 1.87. The lowest BCUT2D eigenvalue weighted by Crippen LogP contribution is -2.47. The summed E-state index contributed by atoms with van der Waals surface area (Å²) in [6.45, 7) is 6.81. The van der Waals surface area contributed by atoms with E-state index < -0.39 is 23.9 Å². The van der Waals surface area contributed by atoms with Gasteiger partial charge in [0.2, 0.25) is 11.8 Å². The lowest BCUT2D eigenvalue weighted by atomic mass is 9.89. The van der Waals surface area contributed by atoms with Gasteiger partial charge in [-0.1, -0.05) is 26.0 Å². The number of urea groups is 1. The van der Waals surface area contributed by atoms with Gasteiger partial charge in [-0.25, -0.2) is 4.79 Å². The molecular weight excluding hydrogens is 428 g/mol. The van der Waals surface area contributed by atoms with Crippen molar-refractivity contribution < 1.29 is 28.7 Å². The van der Waals surface area contributed by atoms with E-state index in [0.29, 0.717) is 12.1 Å². The zero-order valence-corrected chi connectivity index (χ0v) is 19.6. The molecule has 4 amide bonds. The fourth-order valence-corrected chi connectivity index (χ4v) is 3.10. The molecule has 0 heterocycles. The molecule has 0 aliphatic heterocycles. The number of esters is 1. The van der Waals surface area contributed by atoms with Crippen LogP contribution in [0, 0.1) is 11.8 Å². The van der Waals surface area contributed by atoms with Crippen molar-refractivity contribution in [3.63, 3.8) is 0 Å². The van der Waals surface area contributed by atoms with Crippen LogP contribution in [-0.4, -0.2) is 42.2 Å². The van der Waals surface area contributed by atoms with Gasteiger partial charge in [-0.2, -0.15) is 0 Å². The molecule has 0 aliphatic carbocycles. The van der Waals surface area contributed by atoms with Gasteiger partial charge in [-0.15, -0.1) is 0 Å². The molecule has 0 fully saturated rings. The second-order valence-corrected chi connectivity index (χ2v) is 8.22. The second-order valence-electron chi connectivity index (χ2n) is 8.22.